The van der Waals surface area contributed by atoms with Crippen LogP contribution < -0.4 is 26.0 Å². The molecule has 3 aliphatic heterocycles. The Kier molecular flexibility index (Phi) is 29.4. The largest absolute Gasteiger partial charge is 0.494 e. The Labute approximate surface area is 531 Å². The average Bonchev–Trinajstić information content (AvgIpc) is 1.94. The number of hydrogen-bond acceptors (Lipinski definition) is 19. The monoisotopic (exact) mass is 1290 g/mol. The van der Waals surface area contributed by atoms with Crippen LogP contribution in [0.2, 0.25) is 0 Å². The van der Waals surface area contributed by atoms with E-state index in [-0.39, 0.29) is 115 Å². The van der Waals surface area contributed by atoms with Crippen LogP contribution in [-0.2, 0) is 44.8 Å². The molecule has 27 nitrogen and oxygen atoms in total. The van der Waals surface area contributed by atoms with E-state index in [2.05, 4.69) is 31.2 Å². The molecule has 3 aliphatic rings. The summed E-state index contributed by atoms with van der Waals surface area (Å²) in [5.41, 5.74) is 2.94. The van der Waals surface area contributed by atoms with Gasteiger partial charge in [0.25, 0.3) is 17.7 Å². The third-order valence-corrected chi connectivity index (χ3v) is 16.8. The molecule has 1 aromatic heterocycles. The number of amides is 6. The van der Waals surface area contributed by atoms with Gasteiger partial charge < -0.3 is 56.2 Å². The second-order valence-corrected chi connectivity index (χ2v) is 24.1. The second kappa shape index (κ2) is 37.0. The normalized spacial score (nSPS) is 18.0. The number of aliphatic hydroxyl groups is 1. The van der Waals surface area contributed by atoms with Gasteiger partial charge in [-0.2, -0.15) is 17.0 Å². The SMILES string of the molecule is Cc1ccc(CCCC(=O)NCCCC(NC(=O)CN2CCN(CC(=O)O)CCN(CC(=O)O)CCN(CC(=O)O)CC2)C(=O)NCCSC[C@@H](O)C(=O)N2CCN(CCCOc3ccc4nccc(C(=O)NCC(=O)N5CC(F)(F)C[C@@H]5C#N)c4c3)CC2)cc1. The summed E-state index contributed by atoms with van der Waals surface area (Å²) in [5.74, 6) is -8.63. The summed E-state index contributed by atoms with van der Waals surface area (Å²) in [6, 6.07) is 14.0. The van der Waals surface area contributed by atoms with E-state index in [0.717, 1.165) is 22.4 Å². The molecule has 30 heteroatoms. The predicted molar refractivity (Wildman–Crippen MR) is 331 cm³/mol. The van der Waals surface area contributed by atoms with E-state index in [1.165, 1.54) is 24.0 Å². The standard InChI is InChI=1S/C61H85F2N13O14S/c1-43-8-10-44(11-9-43)5-2-7-52(78)66-15-3-6-50(69-53(79)37-71-19-21-72(38-55(81)82)23-25-74(40-57(85)86)26-24-73(22-20-71)39-56(83)84)59(88)67-17-32-91-41-51(77)60(89)75-29-27-70(28-30-75)18-4-31-90-46-12-13-49-48(33-46)47(14-16-65-49)58(87)68-36-54(80)76-42-61(62,63)34-45(76)35-64/h8-14,16,33,45,50-51,77H,2-7,15,17-32,34,36-42H2,1H3,(H,66,78)(H,67,88)(H,68,87)(H,69,79)(H,81,82)(H,83,84)(H,85,86)/t45-,50?,51-/m1/s1. The molecule has 3 aromatic rings. The number of likely N-dealkylation sites (tertiary alicyclic amines) is 1. The summed E-state index contributed by atoms with van der Waals surface area (Å²) in [4.78, 5) is 130. The van der Waals surface area contributed by atoms with Crippen LogP contribution >= 0.6 is 11.8 Å². The molecule has 3 fully saturated rings. The van der Waals surface area contributed by atoms with Crippen LogP contribution in [0.3, 0.4) is 0 Å². The number of aliphatic carboxylic acids is 3. The minimum atomic E-state index is -3.19. The number of nitrogens with one attached hydrogen (secondary N) is 4. The number of carbonyl (C=O) groups excluding carboxylic acids is 6. The van der Waals surface area contributed by atoms with Gasteiger partial charge in [0.15, 0.2) is 0 Å². The number of aromatic nitrogens is 1. The van der Waals surface area contributed by atoms with Crippen molar-refractivity contribution in [3.63, 3.8) is 0 Å². The molecular formula is C61H85F2N13O14S. The number of pyridine rings is 1. The van der Waals surface area contributed by atoms with Crippen molar-refractivity contribution < 1.29 is 77.1 Å². The van der Waals surface area contributed by atoms with E-state index >= 15 is 0 Å². The van der Waals surface area contributed by atoms with Gasteiger partial charge >= 0.3 is 17.9 Å². The lowest BCUT2D eigenvalue weighted by molar-refractivity contribution is -0.141. The van der Waals surface area contributed by atoms with E-state index in [1.54, 1.807) is 48.8 Å². The van der Waals surface area contributed by atoms with Gasteiger partial charge in [-0.15, -0.1) is 0 Å². The summed E-state index contributed by atoms with van der Waals surface area (Å²) < 4.78 is 33.8. The molecule has 6 rings (SSSR count). The maximum atomic E-state index is 13.9. The van der Waals surface area contributed by atoms with Crippen LogP contribution in [0.1, 0.15) is 60.0 Å². The Balaban J connectivity index is 0.936. The molecule has 0 aliphatic carbocycles. The second-order valence-electron chi connectivity index (χ2n) is 22.9. The first-order valence-corrected chi connectivity index (χ1v) is 31.8. The smallest absolute Gasteiger partial charge is 0.317 e. The van der Waals surface area contributed by atoms with Crippen LogP contribution in [-0.4, -0.2) is 293 Å². The first-order valence-electron chi connectivity index (χ1n) is 30.6. The lowest BCUT2D eigenvalue weighted by Crippen LogP contribution is -2.52. The molecule has 4 heterocycles. The Morgan fingerprint density at radius 2 is 1.34 bits per heavy atom. The Morgan fingerprint density at radius 1 is 0.736 bits per heavy atom. The summed E-state index contributed by atoms with van der Waals surface area (Å²) >= 11 is 1.26. The number of ether oxygens (including phenoxy) is 1. The van der Waals surface area contributed by atoms with Crippen LogP contribution in [0.15, 0.2) is 54.7 Å². The van der Waals surface area contributed by atoms with Gasteiger partial charge in [0.05, 0.1) is 63.0 Å². The highest BCUT2D eigenvalue weighted by Gasteiger charge is 2.47. The molecular weight excluding hydrogens is 1210 g/mol. The first kappa shape index (κ1) is 72.4. The van der Waals surface area contributed by atoms with Crippen molar-refractivity contribution in [1.29, 1.82) is 5.26 Å². The fourth-order valence-electron chi connectivity index (χ4n) is 10.8. The predicted octanol–water partition coefficient (Wildman–Crippen LogP) is 0.0357. The number of hydrogen-bond donors (Lipinski definition) is 8. The number of fused-ring (bicyclic) bond motifs is 1. The lowest BCUT2D eigenvalue weighted by Gasteiger charge is -2.35. The van der Waals surface area contributed by atoms with E-state index in [4.69, 9.17) is 4.74 Å². The number of nitriles is 1. The molecule has 0 spiro atoms. The number of carboxylic acids is 3. The Bertz CT molecular complexity index is 2960. The molecule has 2 aromatic carbocycles. The van der Waals surface area contributed by atoms with Crippen molar-refractivity contribution in [2.75, 3.05) is 156 Å². The highest BCUT2D eigenvalue weighted by Crippen LogP contribution is 2.32. The number of thioether (sulfide) groups is 1. The number of aliphatic hydroxyl groups excluding tert-OH is 1. The van der Waals surface area contributed by atoms with Crippen molar-refractivity contribution >= 4 is 76.0 Å². The van der Waals surface area contributed by atoms with E-state index in [9.17, 15) is 77.6 Å². The molecule has 91 heavy (non-hydrogen) atoms. The number of benzene rings is 2. The number of carboxylic acid groups (broad SMARTS) is 3. The first-order chi connectivity index (χ1) is 43.5. The number of aryl methyl sites for hydroxylation is 2. The number of alkyl halides is 2. The number of piperazine rings is 1. The molecule has 0 saturated carbocycles. The minimum Gasteiger partial charge on any atom is -0.494 e. The van der Waals surface area contributed by atoms with Gasteiger partial charge in [-0.05, 0) is 68.9 Å². The van der Waals surface area contributed by atoms with Gasteiger partial charge in [0, 0.05) is 134 Å². The van der Waals surface area contributed by atoms with Crippen LogP contribution in [0, 0.1) is 18.3 Å². The summed E-state index contributed by atoms with van der Waals surface area (Å²) in [6.07, 6.45) is 2.15. The Morgan fingerprint density at radius 3 is 1.95 bits per heavy atom. The fraction of sp³-hybridized carbons (Fsp3) is 0.590. The number of rotatable bonds is 32. The van der Waals surface area contributed by atoms with Crippen molar-refractivity contribution in [2.24, 2.45) is 0 Å². The van der Waals surface area contributed by atoms with Gasteiger partial charge in [0.2, 0.25) is 23.6 Å². The molecule has 6 amide bonds. The zero-order valence-electron chi connectivity index (χ0n) is 51.4. The van der Waals surface area contributed by atoms with E-state index < -0.39 is 91.1 Å². The highest BCUT2D eigenvalue weighted by atomic mass is 32.2. The molecule has 1 unspecified atom stereocenters. The molecule has 0 bridgehead atoms. The zero-order chi connectivity index (χ0) is 65.9. The molecule has 0 radical (unpaired) electrons. The fourth-order valence-corrected chi connectivity index (χ4v) is 11.6. The topological polar surface area (TPSA) is 351 Å². The number of nitrogens with zero attached hydrogens (tertiary/aromatic N) is 9. The van der Waals surface area contributed by atoms with Crippen LogP contribution in [0.25, 0.3) is 10.9 Å². The summed E-state index contributed by atoms with van der Waals surface area (Å²) in [6.45, 7) is 4.09. The molecule has 3 saturated heterocycles. The summed E-state index contributed by atoms with van der Waals surface area (Å²) in [7, 11) is 0. The van der Waals surface area contributed by atoms with E-state index in [0.29, 0.717) is 87.4 Å². The molecule has 498 valence electrons. The zero-order valence-corrected chi connectivity index (χ0v) is 52.2. The third kappa shape index (κ3) is 25.5. The maximum absolute atomic E-state index is 13.9. The summed E-state index contributed by atoms with van der Waals surface area (Å²) in [5, 5.41) is 60.5. The van der Waals surface area contributed by atoms with Crippen molar-refractivity contribution in [2.45, 2.75) is 76.0 Å². The number of carbonyl (C=O) groups is 9. The lowest BCUT2D eigenvalue weighted by atomic mass is 10.1. The third-order valence-electron chi connectivity index (χ3n) is 15.8. The minimum absolute atomic E-state index is 0.0598. The maximum Gasteiger partial charge on any atom is 0.317 e. The highest BCUT2D eigenvalue weighted by molar-refractivity contribution is 7.99. The van der Waals surface area contributed by atoms with Gasteiger partial charge in [-0.1, -0.05) is 29.8 Å². The van der Waals surface area contributed by atoms with E-state index in [1.807, 2.05) is 31.2 Å². The number of halogens is 2. The van der Waals surface area contributed by atoms with Crippen molar-refractivity contribution in [3.8, 4) is 11.8 Å². The molecule has 8 N–H and O–H groups in total. The quantitative estimate of drug-likeness (QED) is 0.0383. The van der Waals surface area contributed by atoms with Crippen LogP contribution in [0.4, 0.5) is 8.78 Å². The van der Waals surface area contributed by atoms with Gasteiger partial charge in [-0.3, -0.25) is 72.6 Å². The van der Waals surface area contributed by atoms with Crippen molar-refractivity contribution in [1.82, 2.24) is 60.6 Å². The van der Waals surface area contributed by atoms with Crippen molar-refractivity contribution in [3.05, 3.63) is 71.4 Å². The Hall–Kier alpha value is -7.66. The van der Waals surface area contributed by atoms with Gasteiger partial charge in [-0.25, -0.2) is 8.78 Å². The van der Waals surface area contributed by atoms with Gasteiger partial charge in [0.1, 0.15) is 23.9 Å². The van der Waals surface area contributed by atoms with Crippen LogP contribution in [0.5, 0.6) is 5.75 Å². The molecule has 3 atom stereocenters. The average molecular weight is 1290 g/mol.